The Kier molecular flexibility index (Phi) is 14.4. The molecule has 3 rings (SSSR count). The molecule has 0 fully saturated rings. The molecule has 10 nitrogen and oxygen atoms in total. The zero-order valence-electron chi connectivity index (χ0n) is 27.0. The Bertz CT molecular complexity index is 1670. The van der Waals surface area contributed by atoms with E-state index in [4.69, 9.17) is 28.4 Å². The van der Waals surface area contributed by atoms with E-state index in [1.54, 1.807) is 13.8 Å². The third kappa shape index (κ3) is 11.9. The van der Waals surface area contributed by atoms with Crippen LogP contribution in [0.1, 0.15) is 60.2 Å². The quantitative estimate of drug-likeness (QED) is 0.0451. The summed E-state index contributed by atoms with van der Waals surface area (Å²) in [5, 5.41) is 0. The minimum atomic E-state index is -1.87. The topological polar surface area (TPSA) is 124 Å². The van der Waals surface area contributed by atoms with Crippen LogP contribution in [-0.4, -0.2) is 50.3 Å². The number of hydrogen-bond donors (Lipinski definition) is 0. The number of rotatable bonds is 18. The average molecular weight is 685 g/mol. The van der Waals surface area contributed by atoms with Crippen LogP contribution in [0.2, 0.25) is 0 Å². The van der Waals surface area contributed by atoms with E-state index in [0.29, 0.717) is 67.6 Å². The van der Waals surface area contributed by atoms with Crippen molar-refractivity contribution in [3.8, 4) is 23.0 Å². The fourth-order valence-corrected chi connectivity index (χ4v) is 3.77. The number of halogens is 3. The van der Waals surface area contributed by atoms with Crippen LogP contribution < -0.4 is 18.9 Å². The van der Waals surface area contributed by atoms with Crippen LogP contribution in [0, 0.1) is 17.5 Å². The van der Waals surface area contributed by atoms with Gasteiger partial charge in [-0.3, -0.25) is 0 Å². The fourth-order valence-electron chi connectivity index (χ4n) is 3.77. The average Bonchev–Trinajstić information content (AvgIpc) is 3.08. The highest BCUT2D eigenvalue weighted by Crippen LogP contribution is 2.32. The van der Waals surface area contributed by atoms with Gasteiger partial charge in [-0.15, -0.1) is 0 Å². The van der Waals surface area contributed by atoms with E-state index in [0.717, 1.165) is 0 Å². The highest BCUT2D eigenvalue weighted by atomic mass is 19.2. The number of benzene rings is 3. The summed E-state index contributed by atoms with van der Waals surface area (Å²) in [6, 6.07) is 11.3. The molecule has 0 saturated heterocycles. The Morgan fingerprint density at radius 2 is 1.00 bits per heavy atom. The highest BCUT2D eigenvalue weighted by molar-refractivity contribution is 5.92. The first-order valence-electron chi connectivity index (χ1n) is 15.1. The maximum absolute atomic E-state index is 14.8. The van der Waals surface area contributed by atoms with Gasteiger partial charge in [0.05, 0.1) is 37.6 Å². The smallest absolute Gasteiger partial charge is 0.343 e. The van der Waals surface area contributed by atoms with Crippen molar-refractivity contribution in [2.75, 3.05) is 26.4 Å². The molecule has 13 heteroatoms. The van der Waals surface area contributed by atoms with Gasteiger partial charge < -0.3 is 28.4 Å². The van der Waals surface area contributed by atoms with E-state index in [1.807, 2.05) is 0 Å². The van der Waals surface area contributed by atoms with E-state index in [-0.39, 0.29) is 24.3 Å². The van der Waals surface area contributed by atoms with E-state index in [9.17, 15) is 32.3 Å². The van der Waals surface area contributed by atoms with Crippen LogP contribution >= 0.6 is 0 Å². The van der Waals surface area contributed by atoms with Crippen molar-refractivity contribution in [1.82, 2.24) is 0 Å². The third-order valence-corrected chi connectivity index (χ3v) is 6.44. The molecule has 0 aliphatic carbocycles. The molecule has 0 spiro atoms. The first-order valence-corrected chi connectivity index (χ1v) is 15.1. The van der Waals surface area contributed by atoms with Crippen LogP contribution in [0.15, 0.2) is 78.9 Å². The van der Waals surface area contributed by atoms with Crippen LogP contribution in [0.5, 0.6) is 23.0 Å². The lowest BCUT2D eigenvalue weighted by Gasteiger charge is -2.12. The molecule has 0 bridgehead atoms. The summed E-state index contributed by atoms with van der Waals surface area (Å²) >= 11 is 0. The van der Waals surface area contributed by atoms with Gasteiger partial charge in [-0.25, -0.2) is 23.6 Å². The normalized spacial score (nSPS) is 10.5. The SMILES string of the molecule is C=C(C)C(=O)OCCCCOc1ccc(C(=O)Oc2cc(F)c(OC(=O)c3ccc(OCCCCOC(=O)C(=C)C)cc3)c(F)c2F)cc1. The van der Waals surface area contributed by atoms with Gasteiger partial charge in [-0.2, -0.15) is 8.78 Å². The molecule has 0 aliphatic heterocycles. The van der Waals surface area contributed by atoms with E-state index in [1.165, 1.54) is 48.5 Å². The zero-order valence-corrected chi connectivity index (χ0v) is 27.0. The van der Waals surface area contributed by atoms with Crippen molar-refractivity contribution >= 4 is 23.9 Å². The maximum Gasteiger partial charge on any atom is 0.343 e. The van der Waals surface area contributed by atoms with Crippen molar-refractivity contribution in [2.45, 2.75) is 39.5 Å². The minimum absolute atomic E-state index is 0.0636. The van der Waals surface area contributed by atoms with Gasteiger partial charge in [-0.1, -0.05) is 13.2 Å². The van der Waals surface area contributed by atoms with Gasteiger partial charge in [-0.05, 0) is 88.1 Å². The molecule has 3 aromatic rings. The predicted molar refractivity (Wildman–Crippen MR) is 170 cm³/mol. The Morgan fingerprint density at radius 3 is 1.43 bits per heavy atom. The number of carbonyl (C=O) groups excluding carboxylic acids is 4. The van der Waals surface area contributed by atoms with Gasteiger partial charge in [0.25, 0.3) is 0 Å². The first kappa shape index (κ1) is 37.9. The highest BCUT2D eigenvalue weighted by Gasteiger charge is 2.26. The molecule has 0 radical (unpaired) electrons. The Hall–Kier alpha value is -5.59. The summed E-state index contributed by atoms with van der Waals surface area (Å²) in [4.78, 5) is 47.7. The van der Waals surface area contributed by atoms with Gasteiger partial charge in [0.1, 0.15) is 11.5 Å². The molecule has 0 saturated carbocycles. The lowest BCUT2D eigenvalue weighted by Crippen LogP contribution is -2.14. The number of unbranched alkanes of at least 4 members (excludes halogenated alkanes) is 2. The lowest BCUT2D eigenvalue weighted by molar-refractivity contribution is -0.139. The van der Waals surface area contributed by atoms with Crippen LogP contribution in [0.4, 0.5) is 13.2 Å². The Morgan fingerprint density at radius 1 is 0.592 bits per heavy atom. The van der Waals surface area contributed by atoms with Gasteiger partial charge in [0.15, 0.2) is 11.6 Å². The lowest BCUT2D eigenvalue weighted by atomic mass is 10.2. The molecule has 0 atom stereocenters. The standard InChI is InChI=1S/C36H35F3O10/c1-22(2)33(40)46-19-7-5-17-44-26-13-9-24(10-14-26)35(42)48-29-21-28(37)32(31(39)30(29)38)49-36(43)25-11-15-27(16-12-25)45-18-6-8-20-47-34(41)23(3)4/h9-16,21H,1,3,5-8,17-20H2,2,4H3. The van der Waals surface area contributed by atoms with Crippen molar-refractivity contribution < 1.29 is 60.8 Å². The van der Waals surface area contributed by atoms with E-state index < -0.39 is 52.8 Å². The summed E-state index contributed by atoms with van der Waals surface area (Å²) < 4.78 is 75.0. The number of ether oxygens (including phenoxy) is 6. The van der Waals surface area contributed by atoms with E-state index >= 15 is 0 Å². The summed E-state index contributed by atoms with van der Waals surface area (Å²) in [7, 11) is 0. The van der Waals surface area contributed by atoms with Crippen LogP contribution in [0.3, 0.4) is 0 Å². The van der Waals surface area contributed by atoms with Crippen molar-refractivity contribution in [3.05, 3.63) is 107 Å². The summed E-state index contributed by atoms with van der Waals surface area (Å²) in [6.07, 6.45) is 2.27. The molecular formula is C36H35F3O10. The largest absolute Gasteiger partial charge is 0.494 e. The molecular weight excluding hydrogens is 649 g/mol. The van der Waals surface area contributed by atoms with Crippen molar-refractivity contribution in [2.24, 2.45) is 0 Å². The summed E-state index contributed by atoms with van der Waals surface area (Å²) in [5.74, 6) is -9.90. The minimum Gasteiger partial charge on any atom is -0.494 e. The van der Waals surface area contributed by atoms with E-state index in [2.05, 4.69) is 13.2 Å². The molecule has 3 aromatic carbocycles. The predicted octanol–water partition coefficient (Wildman–Crippen LogP) is 7.10. The van der Waals surface area contributed by atoms with Gasteiger partial charge in [0, 0.05) is 17.2 Å². The van der Waals surface area contributed by atoms with Crippen LogP contribution in [0.25, 0.3) is 0 Å². The fraction of sp³-hybridized carbons (Fsp3) is 0.278. The third-order valence-electron chi connectivity index (χ3n) is 6.44. The summed E-state index contributed by atoms with van der Waals surface area (Å²) in [6.45, 7) is 11.1. The second kappa shape index (κ2) is 18.7. The van der Waals surface area contributed by atoms with Crippen molar-refractivity contribution in [1.29, 1.82) is 0 Å². The Balaban J connectivity index is 1.49. The number of hydrogen-bond acceptors (Lipinski definition) is 10. The maximum atomic E-state index is 14.8. The van der Waals surface area contributed by atoms with Crippen LogP contribution in [-0.2, 0) is 19.1 Å². The monoisotopic (exact) mass is 684 g/mol. The molecule has 0 N–H and O–H groups in total. The van der Waals surface area contributed by atoms with Crippen molar-refractivity contribution in [3.63, 3.8) is 0 Å². The molecule has 0 aliphatic rings. The number of esters is 4. The molecule has 0 aromatic heterocycles. The Labute approximate surface area is 281 Å². The van der Waals surface area contributed by atoms with Gasteiger partial charge >= 0.3 is 23.9 Å². The molecule has 0 amide bonds. The summed E-state index contributed by atoms with van der Waals surface area (Å²) in [5.41, 5.74) is 0.445. The molecule has 49 heavy (non-hydrogen) atoms. The first-order chi connectivity index (χ1) is 23.4. The molecule has 260 valence electrons. The second-order valence-electron chi connectivity index (χ2n) is 10.6. The molecule has 0 heterocycles. The van der Waals surface area contributed by atoms with Gasteiger partial charge in [0.2, 0.25) is 17.4 Å². The molecule has 0 unspecified atom stereocenters. The number of carbonyl (C=O) groups is 4. The second-order valence-corrected chi connectivity index (χ2v) is 10.6. The zero-order chi connectivity index (χ0) is 35.9.